The molecule has 1 saturated heterocycles. The molecule has 3 rings (SSSR count). The van der Waals surface area contributed by atoms with Gasteiger partial charge < -0.3 is 11.5 Å². The zero-order chi connectivity index (χ0) is 17.8. The fourth-order valence-corrected chi connectivity index (χ4v) is 3.17. The number of anilines is 2. The number of nitrogens with two attached hydrogens (primary N) is 2. The van der Waals surface area contributed by atoms with Gasteiger partial charge in [0.05, 0.1) is 5.69 Å². The van der Waals surface area contributed by atoms with Crippen LogP contribution in [-0.4, -0.2) is 28.0 Å². The molecule has 0 spiro atoms. The zero-order valence-corrected chi connectivity index (χ0v) is 14.0. The van der Waals surface area contributed by atoms with Crippen LogP contribution in [-0.2, 0) is 6.54 Å². The summed E-state index contributed by atoms with van der Waals surface area (Å²) < 4.78 is 14.6. The van der Waals surface area contributed by atoms with Gasteiger partial charge in [0.25, 0.3) is 0 Å². The number of aromatic nitrogens is 2. The zero-order valence-electron chi connectivity index (χ0n) is 14.0. The van der Waals surface area contributed by atoms with Gasteiger partial charge in [-0.25, -0.2) is 9.37 Å². The average Bonchev–Trinajstić information content (AvgIpc) is 2.85. The predicted octanol–water partition coefficient (Wildman–Crippen LogP) is 2.69. The van der Waals surface area contributed by atoms with Gasteiger partial charge >= 0.3 is 0 Å². The fourth-order valence-electron chi connectivity index (χ4n) is 3.17. The Morgan fingerprint density at radius 1 is 1.12 bits per heavy atom. The van der Waals surface area contributed by atoms with E-state index in [0.29, 0.717) is 17.7 Å². The van der Waals surface area contributed by atoms with Crippen molar-refractivity contribution >= 4 is 11.8 Å². The third-order valence-electron chi connectivity index (χ3n) is 4.49. The minimum absolute atomic E-state index is 0.000878. The summed E-state index contributed by atoms with van der Waals surface area (Å²) in [5.41, 5.74) is 12.8. The van der Waals surface area contributed by atoms with Crippen LogP contribution in [0, 0.1) is 17.1 Å². The summed E-state index contributed by atoms with van der Waals surface area (Å²) in [4.78, 5) is 10.1. The van der Waals surface area contributed by atoms with E-state index in [1.165, 1.54) is 18.9 Å². The van der Waals surface area contributed by atoms with E-state index in [9.17, 15) is 9.65 Å². The lowest BCUT2D eigenvalue weighted by molar-refractivity contribution is 0.273. The molecule has 0 amide bonds. The number of nitriles is 1. The number of rotatable bonds is 3. The Bertz CT molecular complexity index is 806. The van der Waals surface area contributed by atoms with Gasteiger partial charge in [-0.3, -0.25) is 4.90 Å². The molecular weight excluding hydrogens is 319 g/mol. The minimum atomic E-state index is -0.318. The number of halogens is 1. The highest BCUT2D eigenvalue weighted by Gasteiger charge is 2.16. The topological polar surface area (TPSA) is 105 Å². The summed E-state index contributed by atoms with van der Waals surface area (Å²) in [6, 6.07) is 6.83. The van der Waals surface area contributed by atoms with Crippen molar-refractivity contribution < 1.29 is 4.39 Å². The van der Waals surface area contributed by atoms with Gasteiger partial charge in [0.2, 0.25) is 5.95 Å². The Kier molecular flexibility index (Phi) is 5.10. The van der Waals surface area contributed by atoms with Gasteiger partial charge in [0.1, 0.15) is 23.3 Å². The van der Waals surface area contributed by atoms with Crippen molar-refractivity contribution in [2.45, 2.75) is 32.2 Å². The maximum Gasteiger partial charge on any atom is 0.222 e. The molecule has 4 N–H and O–H groups in total. The molecule has 1 fully saturated rings. The first-order chi connectivity index (χ1) is 12.1. The molecule has 0 radical (unpaired) electrons. The van der Waals surface area contributed by atoms with E-state index >= 15 is 0 Å². The smallest absolute Gasteiger partial charge is 0.222 e. The van der Waals surface area contributed by atoms with Crippen molar-refractivity contribution in [3.8, 4) is 17.3 Å². The number of benzene rings is 1. The van der Waals surface area contributed by atoms with Crippen LogP contribution < -0.4 is 11.5 Å². The van der Waals surface area contributed by atoms with Gasteiger partial charge in [-0.05, 0) is 32.0 Å². The maximum atomic E-state index is 14.6. The average molecular weight is 340 g/mol. The van der Waals surface area contributed by atoms with Gasteiger partial charge in [0.15, 0.2) is 0 Å². The van der Waals surface area contributed by atoms with E-state index < -0.39 is 0 Å². The van der Waals surface area contributed by atoms with Crippen molar-refractivity contribution in [2.24, 2.45) is 0 Å². The van der Waals surface area contributed by atoms with Crippen LogP contribution in [0.4, 0.5) is 16.2 Å². The highest BCUT2D eigenvalue weighted by molar-refractivity contribution is 5.73. The van der Waals surface area contributed by atoms with E-state index in [2.05, 4.69) is 14.9 Å². The van der Waals surface area contributed by atoms with E-state index in [4.69, 9.17) is 11.5 Å². The van der Waals surface area contributed by atoms with Crippen molar-refractivity contribution in [3.05, 3.63) is 35.1 Å². The second-order valence-electron chi connectivity index (χ2n) is 6.30. The van der Waals surface area contributed by atoms with E-state index in [1.54, 1.807) is 12.1 Å². The summed E-state index contributed by atoms with van der Waals surface area (Å²) in [5.74, 6) is -0.360. The van der Waals surface area contributed by atoms with Crippen LogP contribution in [0.5, 0.6) is 0 Å². The lowest BCUT2D eigenvalue weighted by Crippen LogP contribution is -2.24. The Hall–Kier alpha value is -2.72. The monoisotopic (exact) mass is 340 g/mol. The van der Waals surface area contributed by atoms with Gasteiger partial charge in [0, 0.05) is 17.7 Å². The first kappa shape index (κ1) is 17.1. The molecule has 1 aliphatic heterocycles. The molecule has 0 atom stereocenters. The molecule has 25 heavy (non-hydrogen) atoms. The number of likely N-dealkylation sites (tertiary alicyclic amines) is 1. The summed E-state index contributed by atoms with van der Waals surface area (Å²) in [7, 11) is 0. The van der Waals surface area contributed by atoms with Crippen LogP contribution in [0.2, 0.25) is 0 Å². The van der Waals surface area contributed by atoms with E-state index in [1.807, 2.05) is 6.07 Å². The molecule has 6 nitrogen and oxygen atoms in total. The van der Waals surface area contributed by atoms with Crippen LogP contribution in [0.15, 0.2) is 18.2 Å². The Morgan fingerprint density at radius 2 is 1.84 bits per heavy atom. The molecule has 2 aromatic rings. The Morgan fingerprint density at radius 3 is 2.48 bits per heavy atom. The first-order valence-corrected chi connectivity index (χ1v) is 8.42. The second-order valence-corrected chi connectivity index (χ2v) is 6.30. The van der Waals surface area contributed by atoms with Gasteiger partial charge in [-0.15, -0.1) is 0 Å². The SMILES string of the molecule is N#Cc1c(N)nc(N)nc1-c1ccc(CN2CCCCCC2)c(F)c1. The number of nitrogens with zero attached hydrogens (tertiary/aromatic N) is 4. The number of nitrogen functional groups attached to an aromatic ring is 2. The third-order valence-corrected chi connectivity index (χ3v) is 4.49. The number of hydrogen-bond donors (Lipinski definition) is 2. The lowest BCUT2D eigenvalue weighted by Gasteiger charge is -2.20. The highest BCUT2D eigenvalue weighted by Crippen LogP contribution is 2.27. The number of hydrogen-bond acceptors (Lipinski definition) is 6. The summed E-state index contributed by atoms with van der Waals surface area (Å²) in [5, 5.41) is 9.27. The van der Waals surface area contributed by atoms with Crippen LogP contribution >= 0.6 is 0 Å². The minimum Gasteiger partial charge on any atom is -0.382 e. The molecular formula is C18H21FN6. The van der Waals surface area contributed by atoms with Crippen LogP contribution in [0.25, 0.3) is 11.3 Å². The molecule has 0 unspecified atom stereocenters. The lowest BCUT2D eigenvalue weighted by atomic mass is 10.0. The quantitative estimate of drug-likeness (QED) is 0.890. The molecule has 2 heterocycles. The summed E-state index contributed by atoms with van der Waals surface area (Å²) in [6.07, 6.45) is 4.80. The molecule has 0 aliphatic carbocycles. The molecule has 1 aliphatic rings. The van der Waals surface area contributed by atoms with Crippen molar-refractivity contribution in [2.75, 3.05) is 24.6 Å². The van der Waals surface area contributed by atoms with Crippen molar-refractivity contribution in [1.82, 2.24) is 14.9 Å². The van der Waals surface area contributed by atoms with Crippen LogP contribution in [0.1, 0.15) is 36.8 Å². The van der Waals surface area contributed by atoms with E-state index in [0.717, 1.165) is 25.9 Å². The molecule has 1 aromatic heterocycles. The third kappa shape index (κ3) is 3.86. The molecule has 1 aromatic carbocycles. The molecule has 0 saturated carbocycles. The van der Waals surface area contributed by atoms with Gasteiger partial charge in [-0.1, -0.05) is 25.0 Å². The van der Waals surface area contributed by atoms with Crippen LogP contribution in [0.3, 0.4) is 0 Å². The largest absolute Gasteiger partial charge is 0.382 e. The Balaban J connectivity index is 1.89. The predicted molar refractivity (Wildman–Crippen MR) is 94.7 cm³/mol. The second kappa shape index (κ2) is 7.45. The summed E-state index contributed by atoms with van der Waals surface area (Å²) in [6.45, 7) is 2.59. The van der Waals surface area contributed by atoms with E-state index in [-0.39, 0.29) is 28.8 Å². The highest BCUT2D eigenvalue weighted by atomic mass is 19.1. The maximum absolute atomic E-state index is 14.6. The van der Waals surface area contributed by atoms with Crippen molar-refractivity contribution in [1.29, 1.82) is 5.26 Å². The normalized spacial score (nSPS) is 15.5. The first-order valence-electron chi connectivity index (χ1n) is 8.42. The van der Waals surface area contributed by atoms with Gasteiger partial charge in [-0.2, -0.15) is 10.2 Å². The molecule has 130 valence electrons. The summed E-state index contributed by atoms with van der Waals surface area (Å²) >= 11 is 0. The standard InChI is InChI=1S/C18H21FN6/c19-15-9-12(16-14(10-20)17(21)24-18(22)23-16)5-6-13(15)11-25-7-3-1-2-4-8-25/h5-6,9H,1-4,7-8,11H2,(H4,21,22,23,24). The Labute approximate surface area is 146 Å². The molecule has 0 bridgehead atoms. The molecule has 7 heteroatoms. The van der Waals surface area contributed by atoms with Crippen molar-refractivity contribution in [3.63, 3.8) is 0 Å². The fraction of sp³-hybridized carbons (Fsp3) is 0.389.